The van der Waals surface area contributed by atoms with Crippen LogP contribution in [0.3, 0.4) is 0 Å². The molecule has 1 amide bonds. The molecule has 0 bridgehead atoms. The van der Waals surface area contributed by atoms with Crippen LogP contribution in [-0.2, 0) is 14.4 Å². The summed E-state index contributed by atoms with van der Waals surface area (Å²) in [4.78, 5) is 31.9. The predicted molar refractivity (Wildman–Crippen MR) is 48.5 cm³/mol. The molecule has 14 heavy (non-hydrogen) atoms. The summed E-state index contributed by atoms with van der Waals surface area (Å²) >= 11 is 0. The SMILES string of the molecule is C=C(CC(=O)CNC(=O)CN)C(=O)O. The van der Waals surface area contributed by atoms with E-state index in [9.17, 15) is 14.4 Å². The molecule has 0 aromatic carbocycles. The Kier molecular flexibility index (Phi) is 5.16. The number of hydrogen-bond donors (Lipinski definition) is 3. The molecule has 0 aliphatic carbocycles. The zero-order chi connectivity index (χ0) is 11.1. The molecule has 0 spiro atoms. The average molecular weight is 200 g/mol. The molecule has 4 N–H and O–H groups in total. The Morgan fingerprint density at radius 1 is 1.36 bits per heavy atom. The van der Waals surface area contributed by atoms with Crippen LogP contribution < -0.4 is 11.1 Å². The molecule has 0 aromatic heterocycles. The van der Waals surface area contributed by atoms with Gasteiger partial charge in [0, 0.05) is 12.0 Å². The molecule has 0 aliphatic heterocycles. The summed E-state index contributed by atoms with van der Waals surface area (Å²) < 4.78 is 0. The maximum Gasteiger partial charge on any atom is 0.331 e. The van der Waals surface area contributed by atoms with Crippen LogP contribution in [0.4, 0.5) is 0 Å². The van der Waals surface area contributed by atoms with E-state index in [1.807, 2.05) is 0 Å². The van der Waals surface area contributed by atoms with Gasteiger partial charge in [-0.05, 0) is 0 Å². The summed E-state index contributed by atoms with van der Waals surface area (Å²) in [5, 5.41) is 10.6. The summed E-state index contributed by atoms with van der Waals surface area (Å²) in [6.07, 6.45) is -0.278. The van der Waals surface area contributed by atoms with Gasteiger partial charge in [-0.2, -0.15) is 0 Å². The van der Waals surface area contributed by atoms with Gasteiger partial charge in [-0.3, -0.25) is 9.59 Å². The van der Waals surface area contributed by atoms with Gasteiger partial charge in [-0.25, -0.2) is 4.79 Å². The van der Waals surface area contributed by atoms with E-state index in [2.05, 4.69) is 11.9 Å². The number of carboxylic acids is 1. The minimum Gasteiger partial charge on any atom is -0.478 e. The first-order valence-corrected chi connectivity index (χ1v) is 3.87. The zero-order valence-corrected chi connectivity index (χ0v) is 7.58. The van der Waals surface area contributed by atoms with Crippen molar-refractivity contribution < 1.29 is 19.5 Å². The lowest BCUT2D eigenvalue weighted by atomic mass is 10.1. The molecule has 0 unspecified atom stereocenters. The Balaban J connectivity index is 3.82. The van der Waals surface area contributed by atoms with Crippen molar-refractivity contribution in [1.82, 2.24) is 5.32 Å². The first-order valence-electron chi connectivity index (χ1n) is 3.87. The molecule has 0 atom stereocenters. The van der Waals surface area contributed by atoms with Gasteiger partial charge in [0.15, 0.2) is 5.78 Å². The van der Waals surface area contributed by atoms with Crippen LogP contribution in [0.15, 0.2) is 12.2 Å². The summed E-state index contributed by atoms with van der Waals surface area (Å²) in [5.41, 5.74) is 4.78. The van der Waals surface area contributed by atoms with Gasteiger partial charge >= 0.3 is 5.97 Å². The van der Waals surface area contributed by atoms with E-state index < -0.39 is 17.7 Å². The molecule has 0 aromatic rings. The molecule has 0 aliphatic rings. The summed E-state index contributed by atoms with van der Waals surface area (Å²) in [6, 6.07) is 0. The third-order valence-corrected chi connectivity index (χ3v) is 1.38. The van der Waals surface area contributed by atoms with Crippen LogP contribution in [0, 0.1) is 0 Å². The lowest BCUT2D eigenvalue weighted by Crippen LogP contribution is -2.34. The van der Waals surface area contributed by atoms with E-state index in [1.54, 1.807) is 0 Å². The predicted octanol–water partition coefficient (Wildman–Crippen LogP) is -1.34. The number of nitrogens with two attached hydrogens (primary N) is 1. The lowest BCUT2D eigenvalue weighted by molar-refractivity contribution is -0.133. The van der Waals surface area contributed by atoms with E-state index >= 15 is 0 Å². The average Bonchev–Trinajstić information content (AvgIpc) is 2.13. The molecule has 0 saturated heterocycles. The molecule has 0 fully saturated rings. The van der Waals surface area contributed by atoms with Crippen LogP contribution in [0.2, 0.25) is 0 Å². The Hall–Kier alpha value is -1.69. The van der Waals surface area contributed by atoms with Crippen molar-refractivity contribution in [2.45, 2.75) is 6.42 Å². The monoisotopic (exact) mass is 200 g/mol. The van der Waals surface area contributed by atoms with Crippen LogP contribution in [0.5, 0.6) is 0 Å². The Morgan fingerprint density at radius 3 is 2.36 bits per heavy atom. The molecule has 0 rings (SSSR count). The molecular formula is C8H12N2O4. The minimum absolute atomic E-state index is 0.197. The number of rotatable bonds is 6. The number of nitrogens with one attached hydrogen (secondary N) is 1. The largest absolute Gasteiger partial charge is 0.478 e. The van der Waals surface area contributed by atoms with Crippen molar-refractivity contribution in [2.75, 3.05) is 13.1 Å². The lowest BCUT2D eigenvalue weighted by Gasteiger charge is -2.02. The number of carboxylic acid groups (broad SMARTS) is 1. The number of Topliss-reactive ketones (excluding diaryl/α,β-unsaturated/α-hetero) is 1. The van der Waals surface area contributed by atoms with Gasteiger partial charge in [-0.15, -0.1) is 0 Å². The first kappa shape index (κ1) is 12.3. The van der Waals surface area contributed by atoms with Crippen LogP contribution in [0.1, 0.15) is 6.42 Å². The van der Waals surface area contributed by atoms with Crippen LogP contribution >= 0.6 is 0 Å². The molecular weight excluding hydrogens is 188 g/mol. The van der Waals surface area contributed by atoms with Crippen molar-refractivity contribution in [3.05, 3.63) is 12.2 Å². The molecule has 6 heteroatoms. The highest BCUT2D eigenvalue weighted by Gasteiger charge is 2.10. The number of ketones is 1. The Labute approximate surface area is 80.8 Å². The minimum atomic E-state index is -1.22. The number of amides is 1. The van der Waals surface area contributed by atoms with Crippen molar-refractivity contribution >= 4 is 17.7 Å². The van der Waals surface area contributed by atoms with Crippen LogP contribution in [-0.4, -0.2) is 35.9 Å². The van der Waals surface area contributed by atoms with Gasteiger partial charge in [0.2, 0.25) is 5.91 Å². The topological polar surface area (TPSA) is 109 Å². The highest BCUT2D eigenvalue weighted by molar-refractivity contribution is 5.96. The van der Waals surface area contributed by atoms with Crippen molar-refractivity contribution in [1.29, 1.82) is 0 Å². The van der Waals surface area contributed by atoms with Crippen molar-refractivity contribution in [3.63, 3.8) is 0 Å². The highest BCUT2D eigenvalue weighted by Crippen LogP contribution is 1.97. The number of aliphatic carboxylic acids is 1. The summed E-state index contributed by atoms with van der Waals surface area (Å²) in [6.45, 7) is 2.76. The molecule has 0 saturated carbocycles. The number of hydrogen-bond acceptors (Lipinski definition) is 4. The Bertz CT molecular complexity index is 273. The van der Waals surface area contributed by atoms with E-state index in [-0.39, 0.29) is 25.1 Å². The van der Waals surface area contributed by atoms with Crippen LogP contribution in [0.25, 0.3) is 0 Å². The molecule has 0 heterocycles. The number of carbonyl (C=O) groups is 3. The Morgan fingerprint density at radius 2 is 1.93 bits per heavy atom. The second-order valence-electron chi connectivity index (χ2n) is 2.61. The summed E-state index contributed by atoms with van der Waals surface area (Å²) in [5.74, 6) is -2.10. The third kappa shape index (κ3) is 5.04. The maximum absolute atomic E-state index is 11.0. The van der Waals surface area contributed by atoms with E-state index in [0.29, 0.717) is 0 Å². The fraction of sp³-hybridized carbons (Fsp3) is 0.375. The fourth-order valence-corrected chi connectivity index (χ4v) is 0.645. The quantitative estimate of drug-likeness (QED) is 0.460. The zero-order valence-electron chi connectivity index (χ0n) is 7.58. The van der Waals surface area contributed by atoms with E-state index in [1.165, 1.54) is 0 Å². The highest BCUT2D eigenvalue weighted by atomic mass is 16.4. The molecule has 6 nitrogen and oxygen atoms in total. The van der Waals surface area contributed by atoms with Gasteiger partial charge in [0.05, 0.1) is 13.1 Å². The fourth-order valence-electron chi connectivity index (χ4n) is 0.645. The van der Waals surface area contributed by atoms with Crippen molar-refractivity contribution in [2.24, 2.45) is 5.73 Å². The molecule has 78 valence electrons. The molecule has 0 radical (unpaired) electrons. The van der Waals surface area contributed by atoms with Crippen molar-refractivity contribution in [3.8, 4) is 0 Å². The standard InChI is InChI=1S/C8H12N2O4/c1-5(8(13)14)2-6(11)4-10-7(12)3-9/h1-4,9H2,(H,10,12)(H,13,14). The summed E-state index contributed by atoms with van der Waals surface area (Å²) in [7, 11) is 0. The van der Waals surface area contributed by atoms with Gasteiger partial charge < -0.3 is 16.2 Å². The van der Waals surface area contributed by atoms with E-state index in [0.717, 1.165) is 0 Å². The normalized spacial score (nSPS) is 9.21. The van der Waals surface area contributed by atoms with Gasteiger partial charge in [0.25, 0.3) is 0 Å². The second kappa shape index (κ2) is 5.87. The second-order valence-corrected chi connectivity index (χ2v) is 2.61. The maximum atomic E-state index is 11.0. The smallest absolute Gasteiger partial charge is 0.331 e. The number of carbonyl (C=O) groups excluding carboxylic acids is 2. The third-order valence-electron chi connectivity index (χ3n) is 1.38. The first-order chi connectivity index (χ1) is 6.47. The van der Waals surface area contributed by atoms with Gasteiger partial charge in [0.1, 0.15) is 0 Å². The van der Waals surface area contributed by atoms with E-state index in [4.69, 9.17) is 10.8 Å². The van der Waals surface area contributed by atoms with Gasteiger partial charge in [-0.1, -0.05) is 6.58 Å².